The van der Waals surface area contributed by atoms with Crippen LogP contribution in [0.25, 0.3) is 0 Å². The number of aromatic nitrogens is 3. The molecule has 23 heavy (non-hydrogen) atoms. The summed E-state index contributed by atoms with van der Waals surface area (Å²) in [5, 5.41) is 19.9. The summed E-state index contributed by atoms with van der Waals surface area (Å²) < 4.78 is 15.7. The monoisotopic (exact) mass is 336 g/mol. The maximum Gasteiger partial charge on any atom is 0.256 e. The van der Waals surface area contributed by atoms with Crippen LogP contribution in [0.1, 0.15) is 37.2 Å². The summed E-state index contributed by atoms with van der Waals surface area (Å²) in [5.41, 5.74) is -1.64. The van der Waals surface area contributed by atoms with Crippen molar-refractivity contribution in [3.63, 3.8) is 0 Å². The number of nitrogens with one attached hydrogen (secondary N) is 2. The van der Waals surface area contributed by atoms with Crippen molar-refractivity contribution in [2.24, 2.45) is 0 Å². The van der Waals surface area contributed by atoms with Crippen LogP contribution in [-0.4, -0.2) is 25.8 Å². The number of aromatic amines is 1. The van der Waals surface area contributed by atoms with E-state index in [4.69, 9.17) is 12.2 Å². The van der Waals surface area contributed by atoms with Crippen LogP contribution in [0.3, 0.4) is 0 Å². The van der Waals surface area contributed by atoms with Gasteiger partial charge in [-0.1, -0.05) is 12.1 Å². The van der Waals surface area contributed by atoms with Gasteiger partial charge in [0.05, 0.1) is 6.54 Å². The van der Waals surface area contributed by atoms with Crippen LogP contribution in [0.5, 0.6) is 0 Å². The molecule has 0 saturated heterocycles. The number of rotatable bonds is 5. The highest BCUT2D eigenvalue weighted by atomic mass is 32.1. The summed E-state index contributed by atoms with van der Waals surface area (Å²) in [6.07, 6.45) is 2.07. The number of aliphatic hydroxyl groups is 1. The normalized spacial score (nSPS) is 16.8. The second kappa shape index (κ2) is 5.86. The topological polar surface area (TPSA) is 82.9 Å². The Morgan fingerprint density at radius 3 is 3.00 bits per heavy atom. The quantitative estimate of drug-likeness (QED) is 0.729. The predicted octanol–water partition coefficient (Wildman–Crippen LogP) is 1.94. The van der Waals surface area contributed by atoms with Gasteiger partial charge in [-0.25, -0.2) is 4.39 Å². The summed E-state index contributed by atoms with van der Waals surface area (Å²) in [6, 6.07) is 5.68. The van der Waals surface area contributed by atoms with Crippen molar-refractivity contribution >= 4 is 18.1 Å². The smallest absolute Gasteiger partial charge is 0.256 e. The van der Waals surface area contributed by atoms with Gasteiger partial charge in [0, 0.05) is 6.04 Å². The van der Waals surface area contributed by atoms with E-state index in [0.717, 1.165) is 18.9 Å². The molecule has 1 saturated carbocycles. The molecule has 1 aliphatic carbocycles. The molecule has 122 valence electrons. The van der Waals surface area contributed by atoms with Crippen LogP contribution in [0.15, 0.2) is 24.3 Å². The van der Waals surface area contributed by atoms with E-state index in [2.05, 4.69) is 15.5 Å². The fourth-order valence-electron chi connectivity index (χ4n) is 2.43. The van der Waals surface area contributed by atoms with E-state index < -0.39 is 17.3 Å². The number of benzene rings is 1. The van der Waals surface area contributed by atoms with E-state index >= 15 is 0 Å². The second-order valence-corrected chi connectivity index (χ2v) is 6.20. The zero-order valence-corrected chi connectivity index (χ0v) is 13.4. The standard InChI is InChI=1S/C15H17FN4O2S/c1-15(22,9-3-2-4-10(16)7-9)13(21)17-8-12-18-19-14(23)20(12)11-5-6-11/h2-4,7,11,22H,5-6,8H2,1H3,(H,17,21)(H,19,23)/t15-/m0/s1. The van der Waals surface area contributed by atoms with E-state index in [1.54, 1.807) is 0 Å². The van der Waals surface area contributed by atoms with Gasteiger partial charge < -0.3 is 10.4 Å². The first-order chi connectivity index (χ1) is 10.9. The molecule has 0 unspecified atom stereocenters. The van der Waals surface area contributed by atoms with Gasteiger partial charge in [0.15, 0.2) is 16.2 Å². The van der Waals surface area contributed by atoms with Gasteiger partial charge in [-0.15, -0.1) is 0 Å². The number of halogens is 1. The fraction of sp³-hybridized carbons (Fsp3) is 0.400. The second-order valence-electron chi connectivity index (χ2n) is 5.81. The Kier molecular flexibility index (Phi) is 4.03. The summed E-state index contributed by atoms with van der Waals surface area (Å²) in [6.45, 7) is 1.46. The SMILES string of the molecule is C[C@@](O)(C(=O)NCc1n[nH]c(=S)n1C1CC1)c1cccc(F)c1. The van der Waals surface area contributed by atoms with Crippen molar-refractivity contribution in [3.8, 4) is 0 Å². The average Bonchev–Trinajstić information content (AvgIpc) is 3.28. The van der Waals surface area contributed by atoms with Crippen molar-refractivity contribution in [3.05, 3.63) is 46.2 Å². The number of carbonyl (C=O) groups is 1. The summed E-state index contributed by atoms with van der Waals surface area (Å²) in [7, 11) is 0. The van der Waals surface area contributed by atoms with Gasteiger partial charge in [-0.2, -0.15) is 5.10 Å². The molecule has 1 aliphatic rings. The highest BCUT2D eigenvalue weighted by molar-refractivity contribution is 7.71. The third-order valence-electron chi connectivity index (χ3n) is 3.93. The summed E-state index contributed by atoms with van der Waals surface area (Å²) >= 11 is 5.17. The van der Waals surface area contributed by atoms with Crippen molar-refractivity contribution in [2.45, 2.75) is 38.0 Å². The zero-order chi connectivity index (χ0) is 16.6. The van der Waals surface area contributed by atoms with Crippen molar-refractivity contribution in [2.75, 3.05) is 0 Å². The van der Waals surface area contributed by atoms with E-state index in [1.807, 2.05) is 4.57 Å². The number of H-pyrrole nitrogens is 1. The van der Waals surface area contributed by atoms with Crippen molar-refractivity contribution in [1.29, 1.82) is 0 Å². The molecule has 6 nitrogen and oxygen atoms in total. The Balaban J connectivity index is 1.73. The number of hydrogen-bond acceptors (Lipinski definition) is 4. The largest absolute Gasteiger partial charge is 0.376 e. The van der Waals surface area contributed by atoms with E-state index in [1.165, 1.54) is 25.1 Å². The van der Waals surface area contributed by atoms with Crippen LogP contribution in [0, 0.1) is 10.6 Å². The molecule has 0 bridgehead atoms. The third kappa shape index (κ3) is 3.18. The zero-order valence-electron chi connectivity index (χ0n) is 12.5. The van der Waals surface area contributed by atoms with E-state index in [9.17, 15) is 14.3 Å². The Labute approximate surface area is 137 Å². The first-order valence-corrected chi connectivity index (χ1v) is 7.73. The van der Waals surface area contributed by atoms with Gasteiger partial charge in [-0.05, 0) is 49.7 Å². The molecule has 0 spiro atoms. The molecule has 0 aliphatic heterocycles. The average molecular weight is 336 g/mol. The molecular weight excluding hydrogens is 319 g/mol. The Morgan fingerprint density at radius 2 is 2.35 bits per heavy atom. The molecule has 1 atom stereocenters. The molecule has 3 rings (SSSR count). The summed E-state index contributed by atoms with van der Waals surface area (Å²) in [4.78, 5) is 12.3. The maximum atomic E-state index is 13.3. The van der Waals surface area contributed by atoms with Gasteiger partial charge >= 0.3 is 0 Å². The molecule has 8 heteroatoms. The minimum Gasteiger partial charge on any atom is -0.376 e. The van der Waals surface area contributed by atoms with Crippen LogP contribution < -0.4 is 5.32 Å². The van der Waals surface area contributed by atoms with E-state index in [-0.39, 0.29) is 12.1 Å². The van der Waals surface area contributed by atoms with Crippen LogP contribution in [0.4, 0.5) is 4.39 Å². The molecule has 3 N–H and O–H groups in total. The first kappa shape index (κ1) is 15.8. The lowest BCUT2D eigenvalue weighted by molar-refractivity contribution is -0.139. The lowest BCUT2D eigenvalue weighted by atomic mass is 9.95. The van der Waals surface area contributed by atoms with Gasteiger partial charge in [0.25, 0.3) is 5.91 Å². The first-order valence-electron chi connectivity index (χ1n) is 7.32. The number of amides is 1. The lowest BCUT2D eigenvalue weighted by Crippen LogP contribution is -2.42. The van der Waals surface area contributed by atoms with Gasteiger partial charge in [0.2, 0.25) is 0 Å². The molecule has 1 fully saturated rings. The van der Waals surface area contributed by atoms with Crippen molar-refractivity contribution < 1.29 is 14.3 Å². The molecule has 1 amide bonds. The molecular formula is C15H17FN4O2S. The van der Waals surface area contributed by atoms with Crippen molar-refractivity contribution in [1.82, 2.24) is 20.1 Å². The highest BCUT2D eigenvalue weighted by Crippen LogP contribution is 2.35. The van der Waals surface area contributed by atoms with Gasteiger partial charge in [0.1, 0.15) is 5.82 Å². The van der Waals surface area contributed by atoms with Crippen LogP contribution in [0.2, 0.25) is 0 Å². The number of carbonyl (C=O) groups excluding carboxylic acids is 1. The number of hydrogen-bond donors (Lipinski definition) is 3. The minimum atomic E-state index is -1.83. The lowest BCUT2D eigenvalue weighted by Gasteiger charge is -2.22. The fourth-order valence-corrected chi connectivity index (χ4v) is 2.73. The third-order valence-corrected chi connectivity index (χ3v) is 4.21. The number of nitrogens with zero attached hydrogens (tertiary/aromatic N) is 2. The summed E-state index contributed by atoms with van der Waals surface area (Å²) in [5.74, 6) is -0.523. The highest BCUT2D eigenvalue weighted by Gasteiger charge is 2.33. The van der Waals surface area contributed by atoms with Crippen LogP contribution in [-0.2, 0) is 16.9 Å². The Hall–Kier alpha value is -2.06. The minimum absolute atomic E-state index is 0.133. The maximum absolute atomic E-state index is 13.3. The molecule has 1 aromatic carbocycles. The Bertz CT molecular complexity index is 795. The van der Waals surface area contributed by atoms with Gasteiger partial charge in [-0.3, -0.25) is 14.5 Å². The molecule has 0 radical (unpaired) electrons. The Morgan fingerprint density at radius 1 is 1.61 bits per heavy atom. The van der Waals surface area contributed by atoms with E-state index in [0.29, 0.717) is 16.6 Å². The van der Waals surface area contributed by atoms with Crippen LogP contribution >= 0.6 is 12.2 Å². The molecule has 1 heterocycles. The molecule has 2 aromatic rings. The molecule has 1 aromatic heterocycles. The predicted molar refractivity (Wildman–Crippen MR) is 83.5 cm³/mol.